The van der Waals surface area contributed by atoms with Crippen molar-refractivity contribution in [1.82, 2.24) is 9.55 Å². The lowest BCUT2D eigenvalue weighted by molar-refractivity contribution is -0.0655. The molecular formula is C34H45N5O5. The third kappa shape index (κ3) is 8.41. The fourth-order valence-corrected chi connectivity index (χ4v) is 5.76. The zero-order chi connectivity index (χ0) is 31.9. The molecule has 0 radical (unpaired) electrons. The molecule has 1 heterocycles. The molecule has 44 heavy (non-hydrogen) atoms. The van der Waals surface area contributed by atoms with Crippen molar-refractivity contribution in [3.05, 3.63) is 93.3 Å². The van der Waals surface area contributed by atoms with E-state index in [1.165, 1.54) is 6.20 Å². The highest BCUT2D eigenvalue weighted by Crippen LogP contribution is 2.31. The van der Waals surface area contributed by atoms with Crippen molar-refractivity contribution in [2.75, 3.05) is 6.61 Å². The molecule has 10 nitrogen and oxygen atoms in total. The second kappa shape index (κ2) is 14.8. The number of rotatable bonds is 12. The van der Waals surface area contributed by atoms with E-state index in [0.717, 1.165) is 54.5 Å². The van der Waals surface area contributed by atoms with Crippen LogP contribution in [0.5, 0.6) is 0 Å². The average molecular weight is 604 g/mol. The smallest absolute Gasteiger partial charge is 0.257 e. The number of aromatic nitrogens is 2. The van der Waals surface area contributed by atoms with Gasteiger partial charge in [0.15, 0.2) is 0 Å². The predicted molar refractivity (Wildman–Crippen MR) is 173 cm³/mol. The molecule has 1 fully saturated rings. The molecule has 1 aromatic heterocycles. The van der Waals surface area contributed by atoms with E-state index in [1.54, 1.807) is 26.0 Å². The van der Waals surface area contributed by atoms with Crippen LogP contribution in [0.4, 0.5) is 0 Å². The Morgan fingerprint density at radius 1 is 1.14 bits per heavy atom. The van der Waals surface area contributed by atoms with Crippen molar-refractivity contribution in [3.8, 4) is 11.1 Å². The highest BCUT2D eigenvalue weighted by molar-refractivity contribution is 6.03. The molecule has 0 bridgehead atoms. The Morgan fingerprint density at radius 2 is 1.82 bits per heavy atom. The van der Waals surface area contributed by atoms with E-state index in [2.05, 4.69) is 11.9 Å². The summed E-state index contributed by atoms with van der Waals surface area (Å²) in [5.74, 6) is 0.602. The van der Waals surface area contributed by atoms with E-state index in [-0.39, 0.29) is 30.1 Å². The highest BCUT2D eigenvalue weighted by atomic mass is 16.5. The number of hydrogen-bond donors (Lipinski definition) is 5. The Morgan fingerprint density at radius 3 is 2.43 bits per heavy atom. The lowest BCUT2D eigenvalue weighted by Gasteiger charge is -2.32. The maximum absolute atomic E-state index is 14.2. The summed E-state index contributed by atoms with van der Waals surface area (Å²) in [7, 11) is 0. The molecule has 0 atom stereocenters. The molecule has 3 aromatic rings. The second-order valence-corrected chi connectivity index (χ2v) is 12.0. The van der Waals surface area contributed by atoms with Crippen molar-refractivity contribution in [2.24, 2.45) is 16.5 Å². The highest BCUT2D eigenvalue weighted by Gasteiger charge is 2.28. The molecule has 0 unspecified atom stereocenters. The van der Waals surface area contributed by atoms with Crippen molar-refractivity contribution in [3.63, 3.8) is 0 Å². The Balaban J connectivity index is 1.63. The van der Waals surface area contributed by atoms with E-state index in [1.807, 2.05) is 47.0 Å². The Labute approximate surface area is 258 Å². The number of nitrogens with two attached hydrogens (primary N) is 2. The van der Waals surface area contributed by atoms with E-state index in [0.29, 0.717) is 29.8 Å². The molecular weight excluding hydrogens is 558 g/mol. The molecule has 236 valence electrons. The first-order chi connectivity index (χ1) is 21.0. The minimum Gasteiger partial charge on any atom is -0.404 e. The van der Waals surface area contributed by atoms with Gasteiger partial charge in [-0.3, -0.25) is 9.36 Å². The SMILES string of the molecule is CCCc1nc(C=CN)n(C2CCC(OCC(C)(C)O)CC2)c(=O)c1Cc1ccc(-c2ccccc2C(N)=NC(O)O)cc1. The first kappa shape index (κ1) is 33.1. The summed E-state index contributed by atoms with van der Waals surface area (Å²) in [6.07, 6.45) is 6.37. The molecule has 0 saturated heterocycles. The largest absolute Gasteiger partial charge is 0.404 e. The van der Waals surface area contributed by atoms with Gasteiger partial charge in [0.05, 0.1) is 24.0 Å². The monoisotopic (exact) mass is 603 g/mol. The van der Waals surface area contributed by atoms with Crippen LogP contribution in [0.25, 0.3) is 17.2 Å². The maximum Gasteiger partial charge on any atom is 0.257 e. The Kier molecular flexibility index (Phi) is 11.1. The minimum atomic E-state index is -1.89. The van der Waals surface area contributed by atoms with Crippen LogP contribution in [0.3, 0.4) is 0 Å². The number of ether oxygens (including phenoxy) is 1. The number of aliphatic hydroxyl groups excluding tert-OH is 1. The van der Waals surface area contributed by atoms with Crippen molar-refractivity contribution in [2.45, 2.75) is 89.9 Å². The summed E-state index contributed by atoms with van der Waals surface area (Å²) in [4.78, 5) is 22.8. The van der Waals surface area contributed by atoms with Crippen LogP contribution in [-0.4, -0.2) is 55.4 Å². The number of aliphatic imine (C=N–C) groups is 1. The molecule has 2 aromatic carbocycles. The van der Waals surface area contributed by atoms with E-state index in [4.69, 9.17) is 21.2 Å². The van der Waals surface area contributed by atoms with Crippen LogP contribution < -0.4 is 17.0 Å². The van der Waals surface area contributed by atoms with Gasteiger partial charge in [0.2, 0.25) is 0 Å². The number of hydrogen-bond acceptors (Lipinski definition) is 8. The molecule has 1 aliphatic rings. The average Bonchev–Trinajstić information content (AvgIpc) is 2.98. The van der Waals surface area contributed by atoms with Crippen LogP contribution in [0.2, 0.25) is 0 Å². The molecule has 1 aliphatic carbocycles. The van der Waals surface area contributed by atoms with E-state index < -0.39 is 12.0 Å². The lowest BCUT2D eigenvalue weighted by atomic mass is 9.91. The van der Waals surface area contributed by atoms with Gasteiger partial charge in [-0.25, -0.2) is 9.98 Å². The molecule has 4 rings (SSSR count). The standard InChI is InChI=1S/C34H45N5O5/c1-4-7-29-28(20-22-10-12-23(13-11-22)26-8-5-6-9-27(26)31(36)38-33(41)42)32(40)39(30(37-29)18-19-35)24-14-16-25(17-15-24)44-21-34(2,3)43/h5-6,8-13,18-19,24-25,33,41-43H,4,7,14-17,20-21,35H2,1-3H3,(H2,36,38). The third-order valence-corrected chi connectivity index (χ3v) is 7.84. The fourth-order valence-electron chi connectivity index (χ4n) is 5.76. The summed E-state index contributed by atoms with van der Waals surface area (Å²) in [6, 6.07) is 15.2. The third-order valence-electron chi connectivity index (χ3n) is 7.84. The number of amidine groups is 1. The molecule has 7 N–H and O–H groups in total. The second-order valence-electron chi connectivity index (χ2n) is 12.0. The zero-order valence-corrected chi connectivity index (χ0v) is 25.8. The van der Waals surface area contributed by atoms with E-state index in [9.17, 15) is 20.1 Å². The van der Waals surface area contributed by atoms with Gasteiger partial charge in [-0.1, -0.05) is 61.9 Å². The van der Waals surface area contributed by atoms with Gasteiger partial charge in [-0.05, 0) is 74.9 Å². The van der Waals surface area contributed by atoms with Crippen molar-refractivity contribution < 1.29 is 20.1 Å². The summed E-state index contributed by atoms with van der Waals surface area (Å²) in [6.45, 7) is 5.81. The van der Waals surface area contributed by atoms with Gasteiger partial charge in [-0.15, -0.1) is 0 Å². The Bertz CT molecular complexity index is 1510. The van der Waals surface area contributed by atoms with Crippen LogP contribution in [0.15, 0.2) is 64.5 Å². The summed E-state index contributed by atoms with van der Waals surface area (Å²) in [5.41, 5.74) is 15.6. The van der Waals surface area contributed by atoms with Gasteiger partial charge < -0.3 is 31.5 Å². The Hall–Kier alpha value is -3.83. The normalized spacial score (nSPS) is 17.9. The molecule has 0 aliphatic heterocycles. The van der Waals surface area contributed by atoms with Crippen LogP contribution in [0.1, 0.15) is 87.1 Å². The lowest BCUT2D eigenvalue weighted by Crippen LogP contribution is -2.36. The van der Waals surface area contributed by atoms with Crippen LogP contribution in [0, 0.1) is 0 Å². The minimum absolute atomic E-state index is 0.0268. The van der Waals surface area contributed by atoms with Gasteiger partial charge in [0.25, 0.3) is 12.0 Å². The van der Waals surface area contributed by atoms with Crippen molar-refractivity contribution >= 4 is 11.9 Å². The molecule has 0 spiro atoms. The first-order valence-corrected chi connectivity index (χ1v) is 15.2. The number of nitrogens with zero attached hydrogens (tertiary/aromatic N) is 3. The molecule has 0 amide bonds. The summed E-state index contributed by atoms with van der Waals surface area (Å²) in [5, 5.41) is 28.5. The number of aryl methyl sites for hydroxylation is 1. The van der Waals surface area contributed by atoms with Gasteiger partial charge in [0.1, 0.15) is 11.7 Å². The van der Waals surface area contributed by atoms with Gasteiger partial charge in [0, 0.05) is 23.6 Å². The number of aliphatic hydroxyl groups is 3. The van der Waals surface area contributed by atoms with Crippen molar-refractivity contribution in [1.29, 1.82) is 0 Å². The van der Waals surface area contributed by atoms with Gasteiger partial charge >= 0.3 is 0 Å². The van der Waals surface area contributed by atoms with E-state index >= 15 is 0 Å². The first-order valence-electron chi connectivity index (χ1n) is 15.2. The zero-order valence-electron chi connectivity index (χ0n) is 25.8. The predicted octanol–water partition coefficient (Wildman–Crippen LogP) is 3.63. The fraction of sp³-hybridized carbons (Fsp3) is 0.441. The molecule has 1 saturated carbocycles. The number of benzene rings is 2. The van der Waals surface area contributed by atoms with Crippen LogP contribution in [-0.2, 0) is 17.6 Å². The van der Waals surface area contributed by atoms with Gasteiger partial charge in [-0.2, -0.15) is 0 Å². The molecule has 10 heteroatoms. The maximum atomic E-state index is 14.2. The topological polar surface area (TPSA) is 169 Å². The summed E-state index contributed by atoms with van der Waals surface area (Å²) >= 11 is 0. The quantitative estimate of drug-likeness (QED) is 0.119. The van der Waals surface area contributed by atoms with Crippen LogP contribution >= 0.6 is 0 Å². The summed E-state index contributed by atoms with van der Waals surface area (Å²) < 4.78 is 7.76.